The van der Waals surface area contributed by atoms with Crippen LogP contribution >= 0.6 is 23.4 Å². The van der Waals surface area contributed by atoms with Crippen molar-refractivity contribution < 1.29 is 9.53 Å². The molecule has 0 saturated heterocycles. The van der Waals surface area contributed by atoms with E-state index in [0.29, 0.717) is 21.7 Å². The lowest BCUT2D eigenvalue weighted by molar-refractivity contribution is -0.137. The molecular formula is C18H13ClN4O2S. The lowest BCUT2D eigenvalue weighted by Crippen LogP contribution is -2.06. The monoisotopic (exact) mass is 384 g/mol. The van der Waals surface area contributed by atoms with E-state index in [2.05, 4.69) is 15.1 Å². The Hall–Kier alpha value is -2.64. The second-order valence-corrected chi connectivity index (χ2v) is 6.83. The molecule has 2 aromatic heterocycles. The van der Waals surface area contributed by atoms with Crippen LogP contribution in [0.3, 0.4) is 0 Å². The van der Waals surface area contributed by atoms with Crippen molar-refractivity contribution in [3.8, 4) is 11.4 Å². The van der Waals surface area contributed by atoms with Crippen molar-refractivity contribution in [2.45, 2.75) is 5.16 Å². The van der Waals surface area contributed by atoms with E-state index in [9.17, 15) is 4.79 Å². The van der Waals surface area contributed by atoms with Crippen LogP contribution in [0.5, 0.6) is 0 Å². The molecule has 6 nitrogen and oxygen atoms in total. The van der Waals surface area contributed by atoms with E-state index < -0.39 is 0 Å². The lowest BCUT2D eigenvalue weighted by atomic mass is 10.2. The molecular weight excluding hydrogens is 372 g/mol. The van der Waals surface area contributed by atoms with Gasteiger partial charge in [-0.1, -0.05) is 35.5 Å². The maximum Gasteiger partial charge on any atom is 0.316 e. The van der Waals surface area contributed by atoms with Crippen LogP contribution in [0, 0.1) is 0 Å². The maximum absolute atomic E-state index is 11.5. The fourth-order valence-corrected chi connectivity index (χ4v) is 3.43. The van der Waals surface area contributed by atoms with Gasteiger partial charge in [0.25, 0.3) is 0 Å². The molecule has 0 radical (unpaired) electrons. The van der Waals surface area contributed by atoms with Gasteiger partial charge in [-0.15, -0.1) is 5.10 Å². The van der Waals surface area contributed by atoms with Crippen molar-refractivity contribution >= 4 is 45.9 Å². The average Bonchev–Trinajstić information content (AvgIpc) is 3.12. The summed E-state index contributed by atoms with van der Waals surface area (Å²) in [4.78, 5) is 20.8. The highest BCUT2D eigenvalue weighted by molar-refractivity contribution is 7.99. The zero-order valence-electron chi connectivity index (χ0n) is 13.7. The van der Waals surface area contributed by atoms with Gasteiger partial charge in [0.2, 0.25) is 0 Å². The van der Waals surface area contributed by atoms with Gasteiger partial charge in [-0.25, -0.2) is 9.97 Å². The Morgan fingerprint density at radius 2 is 1.92 bits per heavy atom. The lowest BCUT2D eigenvalue weighted by Gasteiger charge is -2.05. The van der Waals surface area contributed by atoms with Crippen LogP contribution in [0.4, 0.5) is 0 Å². The van der Waals surface area contributed by atoms with Crippen molar-refractivity contribution in [3.63, 3.8) is 0 Å². The number of aromatic nitrogens is 4. The van der Waals surface area contributed by atoms with E-state index in [-0.39, 0.29) is 11.7 Å². The number of rotatable bonds is 4. The molecule has 0 saturated carbocycles. The molecule has 0 aliphatic heterocycles. The smallest absolute Gasteiger partial charge is 0.316 e. The van der Waals surface area contributed by atoms with Crippen molar-refractivity contribution in [2.75, 3.05) is 12.9 Å². The van der Waals surface area contributed by atoms with Gasteiger partial charge in [0.1, 0.15) is 0 Å². The number of hydrogen-bond acceptors (Lipinski definition) is 6. The molecule has 0 spiro atoms. The maximum atomic E-state index is 11.5. The topological polar surface area (TPSA) is 69.4 Å². The van der Waals surface area contributed by atoms with E-state index in [0.717, 1.165) is 16.5 Å². The minimum absolute atomic E-state index is 0.146. The van der Waals surface area contributed by atoms with Crippen molar-refractivity contribution in [1.82, 2.24) is 19.6 Å². The van der Waals surface area contributed by atoms with Gasteiger partial charge in [0.15, 0.2) is 16.6 Å². The third-order valence-corrected chi connectivity index (χ3v) is 4.95. The van der Waals surface area contributed by atoms with E-state index in [4.69, 9.17) is 16.3 Å². The summed E-state index contributed by atoms with van der Waals surface area (Å²) in [6.45, 7) is 0. The minimum atomic E-state index is -0.323. The van der Waals surface area contributed by atoms with Crippen LogP contribution in [0.1, 0.15) is 0 Å². The highest BCUT2D eigenvalue weighted by atomic mass is 35.5. The Morgan fingerprint density at radius 3 is 2.69 bits per heavy atom. The third kappa shape index (κ3) is 3.11. The fraction of sp³-hybridized carbons (Fsp3) is 0.111. The molecule has 2 heterocycles. The second kappa shape index (κ2) is 6.93. The molecule has 4 rings (SSSR count). The molecule has 0 fully saturated rings. The first-order valence-electron chi connectivity index (χ1n) is 7.77. The molecule has 0 aliphatic carbocycles. The van der Waals surface area contributed by atoms with Crippen LogP contribution in [0.15, 0.2) is 53.7 Å². The van der Waals surface area contributed by atoms with Crippen LogP contribution < -0.4 is 0 Å². The number of para-hydroxylation sites is 1. The molecule has 0 N–H and O–H groups in total. The number of halogens is 1. The van der Waals surface area contributed by atoms with E-state index in [1.165, 1.54) is 18.9 Å². The number of hydrogen-bond donors (Lipinski definition) is 0. The fourth-order valence-electron chi connectivity index (χ4n) is 2.53. The summed E-state index contributed by atoms with van der Waals surface area (Å²) in [5, 5.41) is 6.72. The molecule has 8 heteroatoms. The Kier molecular flexibility index (Phi) is 4.48. The number of esters is 1. The third-order valence-electron chi connectivity index (χ3n) is 3.80. The summed E-state index contributed by atoms with van der Waals surface area (Å²) in [5.74, 6) is 0.392. The predicted molar refractivity (Wildman–Crippen MR) is 101 cm³/mol. The number of methoxy groups -OCH3 is 1. The normalized spacial score (nSPS) is 11.2. The number of ether oxygens (including phenoxy) is 1. The molecule has 130 valence electrons. The van der Waals surface area contributed by atoms with Crippen LogP contribution in [-0.4, -0.2) is 38.4 Å². The first-order valence-corrected chi connectivity index (χ1v) is 9.13. The van der Waals surface area contributed by atoms with Gasteiger partial charge < -0.3 is 4.74 Å². The van der Waals surface area contributed by atoms with Crippen LogP contribution in [0.2, 0.25) is 5.02 Å². The number of nitrogens with zero attached hydrogens (tertiary/aromatic N) is 4. The van der Waals surface area contributed by atoms with Gasteiger partial charge in [-0.05, 0) is 36.4 Å². The molecule has 0 aliphatic rings. The quantitative estimate of drug-likeness (QED) is 0.302. The highest BCUT2D eigenvalue weighted by Gasteiger charge is 2.16. The summed E-state index contributed by atoms with van der Waals surface area (Å²) in [6, 6.07) is 15.0. The van der Waals surface area contributed by atoms with Crippen LogP contribution in [-0.2, 0) is 9.53 Å². The highest BCUT2D eigenvalue weighted by Crippen LogP contribution is 2.26. The Labute approximate surface area is 158 Å². The molecule has 0 unspecified atom stereocenters. The van der Waals surface area contributed by atoms with Crippen molar-refractivity contribution in [1.29, 1.82) is 0 Å². The summed E-state index contributed by atoms with van der Waals surface area (Å²) in [6.07, 6.45) is 0. The van der Waals surface area contributed by atoms with Gasteiger partial charge in [0.05, 0.1) is 18.4 Å². The SMILES string of the molecule is COC(=O)CSc1nc2ccccc2c2nc(-c3ccc(Cl)cc3)nn12. The predicted octanol–water partition coefficient (Wildman–Crippen LogP) is 3.86. The minimum Gasteiger partial charge on any atom is -0.468 e. The standard InChI is InChI=1S/C18H13ClN4O2S/c1-25-15(24)10-26-18-20-14-5-3-2-4-13(14)17-21-16(22-23(17)18)11-6-8-12(19)9-7-11/h2-9H,10H2,1H3. The Bertz CT molecular complexity index is 1110. The number of fused-ring (bicyclic) bond motifs is 3. The first kappa shape index (κ1) is 16.8. The molecule has 0 atom stereocenters. The summed E-state index contributed by atoms with van der Waals surface area (Å²) in [5.41, 5.74) is 2.33. The van der Waals surface area contributed by atoms with Gasteiger partial charge >= 0.3 is 5.97 Å². The van der Waals surface area contributed by atoms with E-state index in [1.54, 1.807) is 16.6 Å². The first-order chi connectivity index (χ1) is 12.7. The summed E-state index contributed by atoms with van der Waals surface area (Å²) >= 11 is 7.22. The average molecular weight is 385 g/mol. The van der Waals surface area contributed by atoms with Crippen molar-refractivity contribution in [2.24, 2.45) is 0 Å². The van der Waals surface area contributed by atoms with Crippen molar-refractivity contribution in [3.05, 3.63) is 53.6 Å². The number of benzene rings is 2. The second-order valence-electron chi connectivity index (χ2n) is 5.45. The molecule has 2 aromatic carbocycles. The molecule has 4 aromatic rings. The zero-order valence-corrected chi connectivity index (χ0v) is 15.3. The number of thioether (sulfide) groups is 1. The summed E-state index contributed by atoms with van der Waals surface area (Å²) < 4.78 is 6.38. The molecule has 0 bridgehead atoms. The Balaban J connectivity index is 1.88. The number of carbonyl (C=O) groups excluding carboxylic acids is 1. The van der Waals surface area contributed by atoms with Gasteiger partial charge in [-0.3, -0.25) is 4.79 Å². The largest absolute Gasteiger partial charge is 0.468 e. The molecule has 26 heavy (non-hydrogen) atoms. The van der Waals surface area contributed by atoms with Gasteiger partial charge in [-0.2, -0.15) is 4.52 Å². The van der Waals surface area contributed by atoms with E-state index >= 15 is 0 Å². The number of carbonyl (C=O) groups is 1. The summed E-state index contributed by atoms with van der Waals surface area (Å²) in [7, 11) is 1.36. The zero-order chi connectivity index (χ0) is 18.1. The Morgan fingerprint density at radius 1 is 1.15 bits per heavy atom. The van der Waals surface area contributed by atoms with Gasteiger partial charge in [0, 0.05) is 16.0 Å². The van der Waals surface area contributed by atoms with E-state index in [1.807, 2.05) is 36.4 Å². The molecule has 0 amide bonds. The van der Waals surface area contributed by atoms with Crippen LogP contribution in [0.25, 0.3) is 27.9 Å².